The van der Waals surface area contributed by atoms with Gasteiger partial charge in [0.2, 0.25) is 0 Å². The molecule has 0 aromatic heterocycles. The van der Waals surface area contributed by atoms with Crippen molar-refractivity contribution in [3.8, 4) is 0 Å². The number of anilines is 1. The molecule has 3 nitrogen and oxygen atoms in total. The summed E-state index contributed by atoms with van der Waals surface area (Å²) in [6.45, 7) is 6.77. The van der Waals surface area contributed by atoms with Gasteiger partial charge in [-0.25, -0.2) is 9.18 Å². The lowest BCUT2D eigenvalue weighted by Gasteiger charge is -2.20. The second kappa shape index (κ2) is 4.12. The van der Waals surface area contributed by atoms with Crippen LogP contribution in [0.4, 0.5) is 10.1 Å². The molecule has 0 unspecified atom stereocenters. The van der Waals surface area contributed by atoms with Crippen molar-refractivity contribution in [1.29, 1.82) is 0 Å². The van der Waals surface area contributed by atoms with Gasteiger partial charge in [-0.05, 0) is 45.4 Å². The van der Waals surface area contributed by atoms with Gasteiger partial charge in [-0.2, -0.15) is 0 Å². The number of esters is 1. The average Bonchev–Trinajstić information content (AvgIpc) is 2.09. The fourth-order valence-corrected chi connectivity index (χ4v) is 1.27. The molecule has 16 heavy (non-hydrogen) atoms. The Morgan fingerprint density at radius 2 is 1.94 bits per heavy atom. The zero-order chi connectivity index (χ0) is 12.5. The van der Waals surface area contributed by atoms with Crippen LogP contribution in [-0.2, 0) is 4.74 Å². The van der Waals surface area contributed by atoms with Crippen LogP contribution in [0.3, 0.4) is 0 Å². The maximum atomic E-state index is 13.5. The summed E-state index contributed by atoms with van der Waals surface area (Å²) in [5.41, 5.74) is 5.66. The first kappa shape index (κ1) is 12.5. The molecule has 1 aromatic rings. The van der Waals surface area contributed by atoms with Crippen LogP contribution >= 0.6 is 0 Å². The van der Waals surface area contributed by atoms with Crippen molar-refractivity contribution < 1.29 is 13.9 Å². The lowest BCUT2D eigenvalue weighted by atomic mass is 10.1. The number of carbonyl (C=O) groups excluding carboxylic acids is 1. The van der Waals surface area contributed by atoms with Crippen molar-refractivity contribution in [2.45, 2.75) is 33.3 Å². The molecule has 1 rings (SSSR count). The van der Waals surface area contributed by atoms with Gasteiger partial charge in [-0.15, -0.1) is 0 Å². The summed E-state index contributed by atoms with van der Waals surface area (Å²) in [4.78, 5) is 11.7. The highest BCUT2D eigenvalue weighted by atomic mass is 19.1. The van der Waals surface area contributed by atoms with E-state index in [0.717, 1.165) is 0 Å². The highest BCUT2D eigenvalue weighted by Gasteiger charge is 2.23. The van der Waals surface area contributed by atoms with Gasteiger partial charge in [0.05, 0.1) is 0 Å². The van der Waals surface area contributed by atoms with Crippen LogP contribution in [0.25, 0.3) is 0 Å². The van der Waals surface area contributed by atoms with E-state index in [2.05, 4.69) is 0 Å². The zero-order valence-electron chi connectivity index (χ0n) is 9.93. The number of nitrogens with two attached hydrogens (primary N) is 1. The number of rotatable bonds is 1. The molecule has 1 aromatic carbocycles. The minimum Gasteiger partial charge on any atom is -0.456 e. The first-order valence-corrected chi connectivity index (χ1v) is 5.00. The predicted molar refractivity (Wildman–Crippen MR) is 60.7 cm³/mol. The Balaban J connectivity index is 3.14. The molecule has 0 atom stereocenters. The van der Waals surface area contributed by atoms with E-state index in [-0.39, 0.29) is 5.56 Å². The summed E-state index contributed by atoms with van der Waals surface area (Å²) >= 11 is 0. The third kappa shape index (κ3) is 2.72. The van der Waals surface area contributed by atoms with Crippen molar-refractivity contribution in [3.05, 3.63) is 29.1 Å². The highest BCUT2D eigenvalue weighted by molar-refractivity contribution is 5.93. The summed E-state index contributed by atoms with van der Waals surface area (Å²) in [6, 6.07) is 2.60. The topological polar surface area (TPSA) is 52.3 Å². The van der Waals surface area contributed by atoms with Gasteiger partial charge in [-0.3, -0.25) is 0 Å². The molecule has 0 aliphatic carbocycles. The molecule has 0 bridgehead atoms. The maximum absolute atomic E-state index is 13.5. The second-order valence-electron chi connectivity index (χ2n) is 4.64. The molecule has 0 saturated carbocycles. The number of benzene rings is 1. The average molecular weight is 225 g/mol. The largest absolute Gasteiger partial charge is 0.456 e. The molecule has 0 radical (unpaired) electrons. The van der Waals surface area contributed by atoms with Gasteiger partial charge in [0, 0.05) is 5.69 Å². The van der Waals surface area contributed by atoms with Crippen molar-refractivity contribution >= 4 is 11.7 Å². The lowest BCUT2D eigenvalue weighted by molar-refractivity contribution is 0.00640. The van der Waals surface area contributed by atoms with Crippen LogP contribution in [0.15, 0.2) is 12.1 Å². The fourth-order valence-electron chi connectivity index (χ4n) is 1.27. The Labute approximate surface area is 94.4 Å². The number of halogens is 1. The van der Waals surface area contributed by atoms with Gasteiger partial charge in [0.15, 0.2) is 0 Å². The fraction of sp³-hybridized carbons (Fsp3) is 0.417. The number of hydrogen-bond donors (Lipinski definition) is 1. The molecule has 2 N–H and O–H groups in total. The monoisotopic (exact) mass is 225 g/mol. The van der Waals surface area contributed by atoms with E-state index in [1.54, 1.807) is 27.7 Å². The normalized spacial score (nSPS) is 11.3. The molecule has 0 spiro atoms. The summed E-state index contributed by atoms with van der Waals surface area (Å²) in [6.07, 6.45) is 0. The van der Waals surface area contributed by atoms with Crippen molar-refractivity contribution in [2.24, 2.45) is 0 Å². The summed E-state index contributed by atoms with van der Waals surface area (Å²) in [5.74, 6) is -1.30. The van der Waals surface area contributed by atoms with E-state index in [0.29, 0.717) is 11.3 Å². The smallest absolute Gasteiger partial charge is 0.341 e. The third-order valence-corrected chi connectivity index (χ3v) is 2.06. The highest BCUT2D eigenvalue weighted by Crippen LogP contribution is 2.22. The van der Waals surface area contributed by atoms with E-state index in [4.69, 9.17) is 10.5 Å². The van der Waals surface area contributed by atoms with E-state index in [1.807, 2.05) is 0 Å². The first-order valence-electron chi connectivity index (χ1n) is 5.00. The number of nitrogen functional groups attached to an aromatic ring is 1. The molecule has 4 heteroatoms. The number of hydrogen-bond acceptors (Lipinski definition) is 3. The quantitative estimate of drug-likeness (QED) is 0.590. The number of ether oxygens (including phenoxy) is 1. The lowest BCUT2D eigenvalue weighted by Crippen LogP contribution is -2.25. The van der Waals surface area contributed by atoms with Crippen LogP contribution in [0.1, 0.15) is 36.7 Å². The van der Waals surface area contributed by atoms with E-state index in [1.165, 1.54) is 12.1 Å². The summed E-state index contributed by atoms with van der Waals surface area (Å²) < 4.78 is 18.6. The van der Waals surface area contributed by atoms with Gasteiger partial charge in [0.25, 0.3) is 0 Å². The van der Waals surface area contributed by atoms with Crippen LogP contribution in [0.5, 0.6) is 0 Å². The van der Waals surface area contributed by atoms with Crippen LogP contribution < -0.4 is 5.73 Å². The van der Waals surface area contributed by atoms with E-state index < -0.39 is 17.4 Å². The molecule has 0 amide bonds. The minimum atomic E-state index is -0.685. The molecular weight excluding hydrogens is 209 g/mol. The third-order valence-electron chi connectivity index (χ3n) is 2.06. The SMILES string of the molecule is Cc1c(N)ccc(F)c1C(=O)OC(C)(C)C. The Kier molecular flexibility index (Phi) is 3.21. The Bertz CT molecular complexity index is 422. The van der Waals surface area contributed by atoms with Gasteiger partial charge in [-0.1, -0.05) is 0 Å². The number of carbonyl (C=O) groups is 1. The Morgan fingerprint density at radius 1 is 1.38 bits per heavy atom. The second-order valence-corrected chi connectivity index (χ2v) is 4.64. The van der Waals surface area contributed by atoms with Gasteiger partial charge >= 0.3 is 5.97 Å². The van der Waals surface area contributed by atoms with Crippen molar-refractivity contribution in [1.82, 2.24) is 0 Å². The van der Waals surface area contributed by atoms with Crippen molar-refractivity contribution in [3.63, 3.8) is 0 Å². The molecule has 0 heterocycles. The summed E-state index contributed by atoms with van der Waals surface area (Å²) in [5, 5.41) is 0. The molecule has 0 saturated heterocycles. The Hall–Kier alpha value is -1.58. The summed E-state index contributed by atoms with van der Waals surface area (Å²) in [7, 11) is 0. The molecule has 0 aliphatic heterocycles. The maximum Gasteiger partial charge on any atom is 0.341 e. The van der Waals surface area contributed by atoms with Crippen LogP contribution in [0, 0.1) is 12.7 Å². The van der Waals surface area contributed by atoms with E-state index in [9.17, 15) is 9.18 Å². The molecular formula is C12H16FNO2. The van der Waals surface area contributed by atoms with E-state index >= 15 is 0 Å². The Morgan fingerprint density at radius 3 is 2.44 bits per heavy atom. The molecule has 88 valence electrons. The van der Waals surface area contributed by atoms with Crippen LogP contribution in [0.2, 0.25) is 0 Å². The predicted octanol–water partition coefficient (Wildman–Crippen LogP) is 2.67. The van der Waals surface area contributed by atoms with Crippen LogP contribution in [-0.4, -0.2) is 11.6 Å². The van der Waals surface area contributed by atoms with Gasteiger partial charge in [0.1, 0.15) is 17.0 Å². The first-order chi connectivity index (χ1) is 7.22. The minimum absolute atomic E-state index is 0.0880. The van der Waals surface area contributed by atoms with Gasteiger partial charge < -0.3 is 10.5 Å². The zero-order valence-corrected chi connectivity index (χ0v) is 9.93. The molecule has 0 fully saturated rings. The van der Waals surface area contributed by atoms with Crippen molar-refractivity contribution in [2.75, 3.05) is 5.73 Å². The standard InChI is InChI=1S/C12H16FNO2/c1-7-9(14)6-5-8(13)10(7)11(15)16-12(2,3)4/h5-6H,14H2,1-4H3. The molecule has 0 aliphatic rings.